The zero-order valence-corrected chi connectivity index (χ0v) is 15.6. The zero-order chi connectivity index (χ0) is 15.7. The molecule has 0 aromatic carbocycles. The fourth-order valence-electron chi connectivity index (χ4n) is 2.27. The largest absolute Gasteiger partial charge is 0.351 e. The number of nitrogens with zero attached hydrogens (tertiary/aromatic N) is 2. The molecular weight excluding hydrogens is 374 g/mol. The van der Waals surface area contributed by atoms with Crippen molar-refractivity contribution in [1.29, 1.82) is 0 Å². The maximum absolute atomic E-state index is 12.1. The van der Waals surface area contributed by atoms with Gasteiger partial charge in [-0.15, -0.1) is 11.3 Å². The van der Waals surface area contributed by atoms with Gasteiger partial charge in [0.1, 0.15) is 0 Å². The van der Waals surface area contributed by atoms with Gasteiger partial charge in [-0.25, -0.2) is 8.42 Å². The molecule has 0 atom stereocenters. The molecule has 1 aliphatic rings. The van der Waals surface area contributed by atoms with Crippen molar-refractivity contribution in [2.75, 3.05) is 25.9 Å². The van der Waals surface area contributed by atoms with E-state index in [0.717, 1.165) is 9.75 Å². The molecule has 21 heavy (non-hydrogen) atoms. The summed E-state index contributed by atoms with van der Waals surface area (Å²) in [5.41, 5.74) is 0. The SMILES string of the molecule is CN=C(NCc1ccc(Br)s1)N1CCS(=O)(=O)C(C)(C)C1. The van der Waals surface area contributed by atoms with Crippen LogP contribution in [0.2, 0.25) is 0 Å². The van der Waals surface area contributed by atoms with Crippen LogP contribution in [0.1, 0.15) is 18.7 Å². The molecule has 0 aliphatic carbocycles. The number of hydrogen-bond donors (Lipinski definition) is 1. The van der Waals surface area contributed by atoms with Gasteiger partial charge < -0.3 is 10.2 Å². The van der Waals surface area contributed by atoms with Gasteiger partial charge in [-0.1, -0.05) is 0 Å². The minimum Gasteiger partial charge on any atom is -0.351 e. The number of nitrogens with one attached hydrogen (secondary N) is 1. The summed E-state index contributed by atoms with van der Waals surface area (Å²) in [5, 5.41) is 3.30. The third-order valence-corrected chi connectivity index (χ3v) is 7.76. The third-order valence-electron chi connectivity index (χ3n) is 3.60. The summed E-state index contributed by atoms with van der Waals surface area (Å²) in [5.74, 6) is 0.924. The Labute approximate surface area is 138 Å². The molecule has 0 amide bonds. The number of hydrogen-bond acceptors (Lipinski definition) is 4. The number of rotatable bonds is 2. The second-order valence-electron chi connectivity index (χ2n) is 5.61. The van der Waals surface area contributed by atoms with Crippen LogP contribution in [0.3, 0.4) is 0 Å². The van der Waals surface area contributed by atoms with Gasteiger partial charge in [-0.05, 0) is 41.9 Å². The normalized spacial score (nSPS) is 21.3. The summed E-state index contributed by atoms with van der Waals surface area (Å²) in [6, 6.07) is 4.07. The van der Waals surface area contributed by atoms with Gasteiger partial charge in [-0.2, -0.15) is 0 Å². The van der Waals surface area contributed by atoms with E-state index in [1.54, 1.807) is 32.2 Å². The number of aliphatic imine (C=N–C) groups is 1. The monoisotopic (exact) mass is 393 g/mol. The summed E-state index contributed by atoms with van der Waals surface area (Å²) in [7, 11) is -1.30. The van der Waals surface area contributed by atoms with Crippen LogP contribution in [-0.4, -0.2) is 49.9 Å². The molecule has 1 aromatic heterocycles. The average molecular weight is 394 g/mol. The molecule has 1 N–H and O–H groups in total. The van der Waals surface area contributed by atoms with Crippen molar-refractivity contribution >= 4 is 43.1 Å². The van der Waals surface area contributed by atoms with Crippen LogP contribution < -0.4 is 5.32 Å². The van der Waals surface area contributed by atoms with Gasteiger partial charge in [0.05, 0.1) is 20.8 Å². The van der Waals surface area contributed by atoms with Crippen LogP contribution in [0.15, 0.2) is 20.9 Å². The molecule has 0 unspecified atom stereocenters. The molecule has 0 saturated carbocycles. The lowest BCUT2D eigenvalue weighted by molar-refractivity contribution is 0.353. The fraction of sp³-hybridized carbons (Fsp3) is 0.615. The van der Waals surface area contributed by atoms with E-state index in [9.17, 15) is 8.42 Å². The summed E-state index contributed by atoms with van der Waals surface area (Å²) in [4.78, 5) is 7.49. The molecule has 2 rings (SSSR count). The van der Waals surface area contributed by atoms with Crippen LogP contribution in [0.5, 0.6) is 0 Å². The van der Waals surface area contributed by atoms with Crippen molar-refractivity contribution < 1.29 is 8.42 Å². The van der Waals surface area contributed by atoms with E-state index >= 15 is 0 Å². The van der Waals surface area contributed by atoms with Crippen molar-refractivity contribution in [2.24, 2.45) is 4.99 Å². The Bertz CT molecular complexity index is 638. The Morgan fingerprint density at radius 2 is 2.24 bits per heavy atom. The molecule has 1 aromatic rings. The van der Waals surface area contributed by atoms with E-state index in [2.05, 4.69) is 32.3 Å². The van der Waals surface area contributed by atoms with Gasteiger partial charge in [0, 0.05) is 25.0 Å². The first kappa shape index (κ1) is 16.8. The summed E-state index contributed by atoms with van der Waals surface area (Å²) in [6.07, 6.45) is 0. The van der Waals surface area contributed by atoms with Crippen LogP contribution in [0.4, 0.5) is 0 Å². The minimum absolute atomic E-state index is 0.172. The summed E-state index contributed by atoms with van der Waals surface area (Å²) in [6.45, 7) is 5.19. The lowest BCUT2D eigenvalue weighted by atomic mass is 10.2. The smallest absolute Gasteiger partial charge is 0.194 e. The van der Waals surface area contributed by atoms with Crippen molar-refractivity contribution in [3.63, 3.8) is 0 Å². The van der Waals surface area contributed by atoms with Crippen LogP contribution >= 0.6 is 27.3 Å². The average Bonchev–Trinajstić information content (AvgIpc) is 2.80. The topological polar surface area (TPSA) is 61.8 Å². The van der Waals surface area contributed by atoms with Gasteiger partial charge in [0.15, 0.2) is 15.8 Å². The van der Waals surface area contributed by atoms with Crippen molar-refractivity contribution in [1.82, 2.24) is 10.2 Å². The van der Waals surface area contributed by atoms with Gasteiger partial charge in [0.2, 0.25) is 0 Å². The highest BCUT2D eigenvalue weighted by Crippen LogP contribution is 2.24. The number of sulfone groups is 1. The second kappa shape index (κ2) is 6.26. The quantitative estimate of drug-likeness (QED) is 0.617. The first-order chi connectivity index (χ1) is 9.75. The fourth-order valence-corrected chi connectivity index (χ4v) is 5.06. The standard InChI is InChI=1S/C13H20BrN3O2S2/c1-13(2)9-17(6-7-21(13,18)19)12(15-3)16-8-10-4-5-11(14)20-10/h4-5H,6-9H2,1-3H3,(H,15,16). The van der Waals surface area contributed by atoms with E-state index < -0.39 is 14.6 Å². The Hall–Kier alpha value is -0.600. The van der Waals surface area contributed by atoms with Crippen molar-refractivity contribution in [3.8, 4) is 0 Å². The van der Waals surface area contributed by atoms with E-state index in [4.69, 9.17) is 0 Å². The minimum atomic E-state index is -3.03. The second-order valence-corrected chi connectivity index (χ2v) is 10.9. The molecule has 0 radical (unpaired) electrons. The van der Waals surface area contributed by atoms with Crippen LogP contribution in [0.25, 0.3) is 0 Å². The van der Waals surface area contributed by atoms with Gasteiger partial charge in [-0.3, -0.25) is 4.99 Å². The molecule has 118 valence electrons. The number of guanidine groups is 1. The molecule has 1 fully saturated rings. The van der Waals surface area contributed by atoms with Crippen molar-refractivity contribution in [3.05, 3.63) is 20.8 Å². The Kier molecular flexibility index (Phi) is 4.99. The molecule has 0 bridgehead atoms. The van der Waals surface area contributed by atoms with Gasteiger partial charge in [0.25, 0.3) is 0 Å². The van der Waals surface area contributed by atoms with Crippen molar-refractivity contribution in [2.45, 2.75) is 25.1 Å². The summed E-state index contributed by atoms with van der Waals surface area (Å²) < 4.78 is 24.5. The Balaban J connectivity index is 2.02. The molecule has 0 spiro atoms. The Morgan fingerprint density at radius 1 is 1.52 bits per heavy atom. The maximum Gasteiger partial charge on any atom is 0.194 e. The van der Waals surface area contributed by atoms with E-state index in [-0.39, 0.29) is 5.75 Å². The zero-order valence-electron chi connectivity index (χ0n) is 12.4. The van der Waals surface area contributed by atoms with E-state index in [1.165, 1.54) is 4.88 Å². The first-order valence-electron chi connectivity index (χ1n) is 6.67. The maximum atomic E-state index is 12.1. The highest BCUT2D eigenvalue weighted by atomic mass is 79.9. The lowest BCUT2D eigenvalue weighted by Gasteiger charge is -2.39. The predicted molar refractivity (Wildman–Crippen MR) is 91.7 cm³/mol. The third kappa shape index (κ3) is 3.78. The Morgan fingerprint density at radius 3 is 2.76 bits per heavy atom. The van der Waals surface area contributed by atoms with Gasteiger partial charge >= 0.3 is 0 Å². The summed E-state index contributed by atoms with van der Waals surface area (Å²) >= 11 is 5.11. The molecule has 5 nitrogen and oxygen atoms in total. The molecular formula is C13H20BrN3O2S2. The van der Waals surface area contributed by atoms with Crippen LogP contribution in [-0.2, 0) is 16.4 Å². The van der Waals surface area contributed by atoms with E-state index in [1.807, 2.05) is 11.0 Å². The molecule has 1 aliphatic heterocycles. The highest BCUT2D eigenvalue weighted by molar-refractivity contribution is 9.11. The first-order valence-corrected chi connectivity index (χ1v) is 9.93. The lowest BCUT2D eigenvalue weighted by Crippen LogP contribution is -2.57. The molecule has 2 heterocycles. The number of thiophene rings is 1. The molecule has 8 heteroatoms. The van der Waals surface area contributed by atoms with E-state index in [0.29, 0.717) is 19.6 Å². The molecule has 1 saturated heterocycles. The highest BCUT2D eigenvalue weighted by Gasteiger charge is 2.40. The van der Waals surface area contributed by atoms with Crippen LogP contribution in [0, 0.1) is 0 Å². The predicted octanol–water partition coefficient (Wildman–Crippen LogP) is 2.09. The number of halogens is 1.